The number of hydrogen-bond acceptors (Lipinski definition) is 4. The number of rotatable bonds is 8. The lowest BCUT2D eigenvalue weighted by atomic mass is 10.0. The molecule has 21 heavy (non-hydrogen) atoms. The number of hydrogen-bond donors (Lipinski definition) is 1. The van der Waals surface area contributed by atoms with Gasteiger partial charge in [0.05, 0.1) is 18.4 Å². The molecule has 0 aliphatic heterocycles. The van der Waals surface area contributed by atoms with Crippen molar-refractivity contribution in [1.82, 2.24) is 14.7 Å². The van der Waals surface area contributed by atoms with Crippen LogP contribution in [0.5, 0.6) is 0 Å². The summed E-state index contributed by atoms with van der Waals surface area (Å²) in [4.78, 5) is 14.3. The standard InChI is InChI=1S/C15H27BrN4O/c1-6-11(2)9-12(3)18-13-10-17-20(8-7-19(4)5)15(21)14(13)16/h10-12,18H,6-9H2,1-5H3. The van der Waals surface area contributed by atoms with Crippen molar-refractivity contribution in [2.75, 3.05) is 26.0 Å². The van der Waals surface area contributed by atoms with Crippen molar-refractivity contribution in [3.05, 3.63) is 21.0 Å². The fourth-order valence-corrected chi connectivity index (χ4v) is 2.54. The molecule has 0 saturated carbocycles. The molecule has 0 aliphatic rings. The highest BCUT2D eigenvalue weighted by atomic mass is 79.9. The number of aromatic nitrogens is 2. The van der Waals surface area contributed by atoms with E-state index in [1.807, 2.05) is 19.0 Å². The molecule has 0 spiro atoms. The second-order valence-electron chi connectivity index (χ2n) is 6.00. The van der Waals surface area contributed by atoms with E-state index in [1.54, 1.807) is 6.20 Å². The molecule has 2 atom stereocenters. The van der Waals surface area contributed by atoms with Crippen LogP contribution in [0.15, 0.2) is 15.5 Å². The summed E-state index contributed by atoms with van der Waals surface area (Å²) in [6.45, 7) is 7.95. The minimum Gasteiger partial charge on any atom is -0.380 e. The largest absolute Gasteiger partial charge is 0.380 e. The van der Waals surface area contributed by atoms with Crippen molar-refractivity contribution in [2.45, 2.75) is 46.2 Å². The molecule has 0 bridgehead atoms. The molecule has 120 valence electrons. The summed E-state index contributed by atoms with van der Waals surface area (Å²) < 4.78 is 2.06. The molecule has 1 aromatic heterocycles. The summed E-state index contributed by atoms with van der Waals surface area (Å²) in [7, 11) is 3.96. The summed E-state index contributed by atoms with van der Waals surface area (Å²) in [5, 5.41) is 7.62. The highest BCUT2D eigenvalue weighted by Crippen LogP contribution is 2.19. The van der Waals surface area contributed by atoms with E-state index in [1.165, 1.54) is 4.68 Å². The normalized spacial score (nSPS) is 14.2. The number of anilines is 1. The minimum atomic E-state index is -0.0856. The lowest BCUT2D eigenvalue weighted by Crippen LogP contribution is -2.30. The van der Waals surface area contributed by atoms with Crippen molar-refractivity contribution < 1.29 is 0 Å². The van der Waals surface area contributed by atoms with Gasteiger partial charge in [0.1, 0.15) is 4.47 Å². The Hall–Kier alpha value is -0.880. The number of nitrogens with zero attached hydrogens (tertiary/aromatic N) is 3. The third kappa shape index (κ3) is 5.79. The van der Waals surface area contributed by atoms with E-state index < -0.39 is 0 Å². The fourth-order valence-electron chi connectivity index (χ4n) is 2.11. The maximum atomic E-state index is 12.3. The van der Waals surface area contributed by atoms with Gasteiger partial charge in [0.15, 0.2) is 0 Å². The molecule has 0 aliphatic carbocycles. The van der Waals surface area contributed by atoms with Crippen LogP contribution in [0.3, 0.4) is 0 Å². The third-order valence-electron chi connectivity index (χ3n) is 3.60. The summed E-state index contributed by atoms with van der Waals surface area (Å²) in [5.74, 6) is 0.666. The first-order valence-electron chi connectivity index (χ1n) is 7.52. The van der Waals surface area contributed by atoms with E-state index >= 15 is 0 Å². The SMILES string of the molecule is CCC(C)CC(C)Nc1cnn(CCN(C)C)c(=O)c1Br. The van der Waals surface area contributed by atoms with Crippen LogP contribution < -0.4 is 10.9 Å². The van der Waals surface area contributed by atoms with Crippen LogP contribution in [0, 0.1) is 5.92 Å². The lowest BCUT2D eigenvalue weighted by molar-refractivity contribution is 0.367. The predicted molar refractivity (Wildman–Crippen MR) is 91.9 cm³/mol. The second kappa shape index (κ2) is 8.54. The van der Waals surface area contributed by atoms with Gasteiger partial charge in [-0.05, 0) is 49.3 Å². The lowest BCUT2D eigenvalue weighted by Gasteiger charge is -2.19. The predicted octanol–water partition coefficient (Wildman–Crippen LogP) is 2.80. The fraction of sp³-hybridized carbons (Fsp3) is 0.733. The molecule has 2 unspecified atom stereocenters. The third-order valence-corrected chi connectivity index (χ3v) is 4.37. The van der Waals surface area contributed by atoms with E-state index in [0.717, 1.165) is 25.1 Å². The molecule has 0 saturated heterocycles. The molecule has 5 nitrogen and oxygen atoms in total. The van der Waals surface area contributed by atoms with Gasteiger partial charge in [-0.25, -0.2) is 4.68 Å². The first-order chi connectivity index (χ1) is 9.85. The van der Waals surface area contributed by atoms with E-state index in [9.17, 15) is 4.79 Å². The van der Waals surface area contributed by atoms with Crippen LogP contribution >= 0.6 is 15.9 Å². The van der Waals surface area contributed by atoms with Crippen LogP contribution in [0.25, 0.3) is 0 Å². The van der Waals surface area contributed by atoms with Crippen LogP contribution in [0.1, 0.15) is 33.6 Å². The Bertz CT molecular complexity index is 501. The Morgan fingerprint density at radius 1 is 1.43 bits per heavy atom. The van der Waals surface area contributed by atoms with Crippen molar-refractivity contribution in [3.8, 4) is 0 Å². The monoisotopic (exact) mass is 358 g/mol. The topological polar surface area (TPSA) is 50.2 Å². The second-order valence-corrected chi connectivity index (χ2v) is 6.79. The Balaban J connectivity index is 2.77. The van der Waals surface area contributed by atoms with Gasteiger partial charge in [-0.3, -0.25) is 4.79 Å². The van der Waals surface area contributed by atoms with Gasteiger partial charge in [-0.1, -0.05) is 20.3 Å². The van der Waals surface area contributed by atoms with E-state index in [0.29, 0.717) is 23.0 Å². The summed E-state index contributed by atoms with van der Waals surface area (Å²) in [5.41, 5.74) is 0.689. The highest BCUT2D eigenvalue weighted by Gasteiger charge is 2.12. The minimum absolute atomic E-state index is 0.0856. The van der Waals surface area contributed by atoms with Gasteiger partial charge in [-0.15, -0.1) is 0 Å². The summed E-state index contributed by atoms with van der Waals surface area (Å²) in [6, 6.07) is 0.315. The van der Waals surface area contributed by atoms with Crippen LogP contribution in [-0.2, 0) is 6.54 Å². The van der Waals surface area contributed by atoms with Gasteiger partial charge in [0.2, 0.25) is 0 Å². The van der Waals surface area contributed by atoms with Crippen LogP contribution in [0.2, 0.25) is 0 Å². The quantitative estimate of drug-likeness (QED) is 0.776. The van der Waals surface area contributed by atoms with Gasteiger partial charge in [0.25, 0.3) is 5.56 Å². The average Bonchev–Trinajstić information content (AvgIpc) is 2.42. The van der Waals surface area contributed by atoms with Crippen molar-refractivity contribution in [1.29, 1.82) is 0 Å². The van der Waals surface area contributed by atoms with Gasteiger partial charge < -0.3 is 10.2 Å². The number of halogens is 1. The van der Waals surface area contributed by atoms with Crippen LogP contribution in [0.4, 0.5) is 5.69 Å². The molecular weight excluding hydrogens is 332 g/mol. The van der Waals surface area contributed by atoms with Crippen molar-refractivity contribution in [2.24, 2.45) is 5.92 Å². The highest BCUT2D eigenvalue weighted by molar-refractivity contribution is 9.10. The maximum Gasteiger partial charge on any atom is 0.283 e. The Kier molecular flexibility index (Phi) is 7.39. The summed E-state index contributed by atoms with van der Waals surface area (Å²) >= 11 is 3.40. The zero-order valence-electron chi connectivity index (χ0n) is 13.7. The van der Waals surface area contributed by atoms with E-state index in [4.69, 9.17) is 0 Å². The molecule has 0 radical (unpaired) electrons. The van der Waals surface area contributed by atoms with Crippen molar-refractivity contribution in [3.63, 3.8) is 0 Å². The number of nitrogens with one attached hydrogen (secondary N) is 1. The Labute approximate surface area is 135 Å². The van der Waals surface area contributed by atoms with Crippen LogP contribution in [-0.4, -0.2) is 41.4 Å². The molecule has 6 heteroatoms. The zero-order chi connectivity index (χ0) is 16.0. The molecule has 1 N–H and O–H groups in total. The summed E-state index contributed by atoms with van der Waals surface area (Å²) in [6.07, 6.45) is 3.97. The zero-order valence-corrected chi connectivity index (χ0v) is 15.3. The number of likely N-dealkylation sites (N-methyl/N-ethyl adjacent to an activating group) is 1. The van der Waals surface area contributed by atoms with Gasteiger partial charge in [0, 0.05) is 12.6 Å². The molecular formula is C15H27BrN4O. The molecule has 0 fully saturated rings. The molecule has 1 aromatic rings. The first kappa shape index (κ1) is 18.2. The smallest absolute Gasteiger partial charge is 0.283 e. The Morgan fingerprint density at radius 2 is 2.10 bits per heavy atom. The maximum absolute atomic E-state index is 12.3. The molecule has 1 rings (SSSR count). The van der Waals surface area contributed by atoms with Gasteiger partial charge >= 0.3 is 0 Å². The van der Waals surface area contributed by atoms with Gasteiger partial charge in [-0.2, -0.15) is 5.10 Å². The van der Waals surface area contributed by atoms with Crippen molar-refractivity contribution >= 4 is 21.6 Å². The van der Waals surface area contributed by atoms with E-state index in [-0.39, 0.29) is 5.56 Å². The average molecular weight is 359 g/mol. The van der Waals surface area contributed by atoms with E-state index in [2.05, 4.69) is 47.1 Å². The molecule has 0 amide bonds. The first-order valence-corrected chi connectivity index (χ1v) is 8.31. The Morgan fingerprint density at radius 3 is 2.67 bits per heavy atom. The molecule has 1 heterocycles. The molecule has 0 aromatic carbocycles.